The van der Waals surface area contributed by atoms with Crippen molar-refractivity contribution < 1.29 is 14.4 Å². The van der Waals surface area contributed by atoms with Gasteiger partial charge in [0.25, 0.3) is 5.91 Å². The van der Waals surface area contributed by atoms with Gasteiger partial charge in [-0.25, -0.2) is 4.68 Å². The number of carbonyl (C=O) groups excluding carboxylic acids is 3. The maximum absolute atomic E-state index is 12.6. The third kappa shape index (κ3) is 4.09. The first-order chi connectivity index (χ1) is 14.9. The first-order valence-electron chi connectivity index (χ1n) is 9.96. The molecule has 1 atom stereocenters. The van der Waals surface area contributed by atoms with Crippen molar-refractivity contribution >= 4 is 40.7 Å². The van der Waals surface area contributed by atoms with Gasteiger partial charge in [-0.1, -0.05) is 30.7 Å². The SMILES string of the molecule is CCc1nn2c(c1-c1cccc(Cl)c1)NC(=O)C2CC(=O)Nc1ccc(C(C)=O)cc1. The van der Waals surface area contributed by atoms with E-state index < -0.39 is 6.04 Å². The molecule has 0 radical (unpaired) electrons. The van der Waals surface area contributed by atoms with E-state index in [0.717, 1.165) is 16.8 Å². The minimum Gasteiger partial charge on any atom is -0.326 e. The fraction of sp³-hybridized carbons (Fsp3) is 0.217. The van der Waals surface area contributed by atoms with Gasteiger partial charge in [0.1, 0.15) is 11.9 Å². The molecular formula is C23H21ClN4O3. The summed E-state index contributed by atoms with van der Waals surface area (Å²) in [4.78, 5) is 36.6. The molecule has 7 nitrogen and oxygen atoms in total. The highest BCUT2D eigenvalue weighted by Crippen LogP contribution is 2.39. The number of amides is 2. The molecule has 31 heavy (non-hydrogen) atoms. The summed E-state index contributed by atoms with van der Waals surface area (Å²) in [5, 5.41) is 10.9. The van der Waals surface area contributed by atoms with Crippen LogP contribution >= 0.6 is 11.6 Å². The summed E-state index contributed by atoms with van der Waals surface area (Å²) < 4.78 is 1.59. The molecule has 1 aliphatic rings. The Balaban J connectivity index is 1.57. The van der Waals surface area contributed by atoms with Crippen LogP contribution in [-0.4, -0.2) is 27.4 Å². The number of nitrogens with zero attached hydrogens (tertiary/aromatic N) is 2. The summed E-state index contributed by atoms with van der Waals surface area (Å²) in [5.74, 6) is -0.0707. The monoisotopic (exact) mass is 436 g/mol. The van der Waals surface area contributed by atoms with Gasteiger partial charge in [0.2, 0.25) is 5.91 Å². The molecule has 2 aromatic carbocycles. The number of fused-ring (bicyclic) bond motifs is 1. The smallest absolute Gasteiger partial charge is 0.251 e. The first-order valence-corrected chi connectivity index (χ1v) is 10.3. The summed E-state index contributed by atoms with van der Waals surface area (Å²) in [6, 6.07) is 13.3. The number of anilines is 2. The van der Waals surface area contributed by atoms with Crippen LogP contribution in [0.25, 0.3) is 11.1 Å². The second kappa shape index (κ2) is 8.35. The number of aryl methyl sites for hydroxylation is 1. The van der Waals surface area contributed by atoms with E-state index in [0.29, 0.717) is 28.5 Å². The maximum Gasteiger partial charge on any atom is 0.251 e. The van der Waals surface area contributed by atoms with Crippen molar-refractivity contribution in [1.29, 1.82) is 0 Å². The van der Waals surface area contributed by atoms with Crippen LogP contribution in [0.15, 0.2) is 48.5 Å². The van der Waals surface area contributed by atoms with Crippen LogP contribution in [0.5, 0.6) is 0 Å². The summed E-state index contributed by atoms with van der Waals surface area (Å²) >= 11 is 6.15. The zero-order valence-electron chi connectivity index (χ0n) is 17.1. The highest BCUT2D eigenvalue weighted by molar-refractivity contribution is 6.30. The zero-order chi connectivity index (χ0) is 22.1. The summed E-state index contributed by atoms with van der Waals surface area (Å²) in [6.07, 6.45) is 0.603. The number of nitrogens with one attached hydrogen (secondary N) is 2. The minimum absolute atomic E-state index is 0.0473. The lowest BCUT2D eigenvalue weighted by atomic mass is 10.0. The molecule has 2 heterocycles. The number of rotatable bonds is 6. The number of aromatic nitrogens is 2. The van der Waals surface area contributed by atoms with Gasteiger partial charge in [-0.2, -0.15) is 5.10 Å². The first kappa shape index (κ1) is 20.8. The Morgan fingerprint density at radius 1 is 1.19 bits per heavy atom. The van der Waals surface area contributed by atoms with Crippen LogP contribution in [0.2, 0.25) is 5.02 Å². The molecule has 1 aromatic heterocycles. The van der Waals surface area contributed by atoms with E-state index in [1.165, 1.54) is 6.92 Å². The van der Waals surface area contributed by atoms with E-state index in [1.807, 2.05) is 25.1 Å². The third-order valence-electron chi connectivity index (χ3n) is 5.22. The molecule has 1 aliphatic heterocycles. The molecule has 0 saturated carbocycles. The molecule has 4 rings (SSSR count). The van der Waals surface area contributed by atoms with E-state index in [4.69, 9.17) is 11.6 Å². The molecule has 0 bridgehead atoms. The van der Waals surface area contributed by atoms with Gasteiger partial charge in [0.15, 0.2) is 5.78 Å². The Bertz CT molecular complexity index is 1180. The van der Waals surface area contributed by atoms with Crippen LogP contribution in [0.3, 0.4) is 0 Å². The predicted molar refractivity (Wildman–Crippen MR) is 119 cm³/mol. The summed E-state index contributed by atoms with van der Waals surface area (Å²) in [5.41, 5.74) is 3.63. The lowest BCUT2D eigenvalue weighted by Crippen LogP contribution is -2.24. The summed E-state index contributed by atoms with van der Waals surface area (Å²) in [6.45, 7) is 3.47. The average molecular weight is 437 g/mol. The fourth-order valence-corrected chi connectivity index (χ4v) is 3.88. The van der Waals surface area contributed by atoms with Crippen molar-refractivity contribution in [2.45, 2.75) is 32.7 Å². The van der Waals surface area contributed by atoms with E-state index in [2.05, 4.69) is 15.7 Å². The van der Waals surface area contributed by atoms with Gasteiger partial charge < -0.3 is 10.6 Å². The van der Waals surface area contributed by atoms with Gasteiger partial charge >= 0.3 is 0 Å². The highest BCUT2D eigenvalue weighted by Gasteiger charge is 2.36. The van der Waals surface area contributed by atoms with E-state index in [-0.39, 0.29) is 24.0 Å². The van der Waals surface area contributed by atoms with Crippen molar-refractivity contribution in [2.24, 2.45) is 0 Å². The number of ketones is 1. The maximum atomic E-state index is 12.6. The van der Waals surface area contributed by atoms with Crippen LogP contribution in [0, 0.1) is 0 Å². The lowest BCUT2D eigenvalue weighted by Gasteiger charge is -2.10. The molecule has 2 amide bonds. The van der Waals surface area contributed by atoms with Crippen molar-refractivity contribution in [1.82, 2.24) is 9.78 Å². The quantitative estimate of drug-likeness (QED) is 0.557. The number of benzene rings is 2. The number of halogens is 1. The van der Waals surface area contributed by atoms with Crippen molar-refractivity contribution in [3.05, 3.63) is 64.8 Å². The zero-order valence-corrected chi connectivity index (χ0v) is 17.9. The van der Waals surface area contributed by atoms with Gasteiger partial charge in [-0.15, -0.1) is 0 Å². The fourth-order valence-electron chi connectivity index (χ4n) is 3.69. The Hall–Kier alpha value is -3.45. The molecule has 0 spiro atoms. The highest BCUT2D eigenvalue weighted by atomic mass is 35.5. The number of Topliss-reactive ketones (excluding diaryl/α,β-unsaturated/α-hetero) is 1. The summed E-state index contributed by atoms with van der Waals surface area (Å²) in [7, 11) is 0. The lowest BCUT2D eigenvalue weighted by molar-refractivity contribution is -0.123. The van der Waals surface area contributed by atoms with Crippen molar-refractivity contribution in [3.63, 3.8) is 0 Å². The second-order valence-electron chi connectivity index (χ2n) is 7.37. The van der Waals surface area contributed by atoms with Gasteiger partial charge in [-0.05, 0) is 55.3 Å². The largest absolute Gasteiger partial charge is 0.326 e. The second-order valence-corrected chi connectivity index (χ2v) is 7.81. The predicted octanol–water partition coefficient (Wildman–Crippen LogP) is 4.49. The Labute approximate surface area is 184 Å². The molecule has 0 aliphatic carbocycles. The topological polar surface area (TPSA) is 93.1 Å². The van der Waals surface area contributed by atoms with Gasteiger partial charge in [-0.3, -0.25) is 14.4 Å². The molecule has 8 heteroatoms. The molecule has 3 aromatic rings. The Kier molecular flexibility index (Phi) is 5.61. The molecule has 2 N–H and O–H groups in total. The minimum atomic E-state index is -0.746. The van der Waals surface area contributed by atoms with E-state index in [9.17, 15) is 14.4 Å². The average Bonchev–Trinajstić information content (AvgIpc) is 3.23. The molecule has 158 valence electrons. The molecular weight excluding hydrogens is 416 g/mol. The van der Waals surface area contributed by atoms with Crippen LogP contribution < -0.4 is 10.6 Å². The number of hydrogen-bond donors (Lipinski definition) is 2. The number of hydrogen-bond acceptors (Lipinski definition) is 4. The van der Waals surface area contributed by atoms with E-state index in [1.54, 1.807) is 35.0 Å². The number of carbonyl (C=O) groups is 3. The van der Waals surface area contributed by atoms with Gasteiger partial charge in [0.05, 0.1) is 12.1 Å². The van der Waals surface area contributed by atoms with Crippen LogP contribution in [-0.2, 0) is 16.0 Å². The Morgan fingerprint density at radius 3 is 2.58 bits per heavy atom. The molecule has 0 saturated heterocycles. The molecule has 0 fully saturated rings. The molecule has 1 unspecified atom stereocenters. The Morgan fingerprint density at radius 2 is 1.94 bits per heavy atom. The van der Waals surface area contributed by atoms with Gasteiger partial charge in [0, 0.05) is 21.8 Å². The van der Waals surface area contributed by atoms with Crippen molar-refractivity contribution in [2.75, 3.05) is 10.6 Å². The standard InChI is InChI=1S/C23H21ClN4O3/c1-3-18-21(15-5-4-6-16(24)11-15)22-26-23(31)19(28(22)27-18)12-20(30)25-17-9-7-14(8-10-17)13(2)29/h4-11,19H,3,12H2,1-2H3,(H,25,30)(H,26,31). The van der Waals surface area contributed by atoms with Crippen LogP contribution in [0.4, 0.5) is 11.5 Å². The van der Waals surface area contributed by atoms with E-state index >= 15 is 0 Å². The third-order valence-corrected chi connectivity index (χ3v) is 5.46. The normalized spacial score (nSPS) is 14.8. The van der Waals surface area contributed by atoms with Crippen molar-refractivity contribution in [3.8, 4) is 11.1 Å². The van der Waals surface area contributed by atoms with Crippen LogP contribution in [0.1, 0.15) is 42.4 Å².